The van der Waals surface area contributed by atoms with Gasteiger partial charge in [-0.2, -0.15) is 0 Å². The highest BCUT2D eigenvalue weighted by Gasteiger charge is 2.05. The van der Waals surface area contributed by atoms with Gasteiger partial charge in [0.05, 0.1) is 10.7 Å². The van der Waals surface area contributed by atoms with E-state index in [1.165, 1.54) is 12.8 Å². The van der Waals surface area contributed by atoms with E-state index >= 15 is 0 Å². The van der Waals surface area contributed by atoms with Gasteiger partial charge < -0.3 is 10.6 Å². The minimum absolute atomic E-state index is 0. The second kappa shape index (κ2) is 11.3. The molecule has 1 aromatic heterocycles. The summed E-state index contributed by atoms with van der Waals surface area (Å²) in [5.41, 5.74) is 1.16. The first-order chi connectivity index (χ1) is 9.19. The molecule has 0 fully saturated rings. The van der Waals surface area contributed by atoms with Gasteiger partial charge in [-0.25, -0.2) is 4.98 Å². The van der Waals surface area contributed by atoms with Gasteiger partial charge in [0.15, 0.2) is 5.96 Å². The molecule has 0 saturated heterocycles. The molecule has 6 heteroatoms. The number of nitrogens with zero attached hydrogens (tertiary/aromatic N) is 2. The van der Waals surface area contributed by atoms with Crippen molar-refractivity contribution in [3.8, 4) is 0 Å². The van der Waals surface area contributed by atoms with Crippen molar-refractivity contribution in [2.75, 3.05) is 20.1 Å². The predicted octanol–water partition coefficient (Wildman–Crippen LogP) is 3.21. The summed E-state index contributed by atoms with van der Waals surface area (Å²) in [5, 5.41) is 9.97. The molecule has 0 radical (unpaired) electrons. The zero-order chi connectivity index (χ0) is 14.1. The first-order valence-corrected chi connectivity index (χ1v) is 7.93. The van der Waals surface area contributed by atoms with Crippen LogP contribution < -0.4 is 10.6 Å². The molecule has 0 aliphatic rings. The molecule has 1 heterocycles. The molecule has 0 saturated carbocycles. The van der Waals surface area contributed by atoms with Crippen LogP contribution in [0.1, 0.15) is 37.4 Å². The summed E-state index contributed by atoms with van der Waals surface area (Å²) in [6, 6.07) is 0. The third-order valence-corrected chi connectivity index (χ3v) is 4.10. The lowest BCUT2D eigenvalue weighted by atomic mass is 10.0. The van der Waals surface area contributed by atoms with Gasteiger partial charge in [-0.1, -0.05) is 26.7 Å². The van der Waals surface area contributed by atoms with Crippen LogP contribution in [0.5, 0.6) is 0 Å². The third-order valence-electron chi connectivity index (χ3n) is 3.28. The molecule has 4 nitrogen and oxygen atoms in total. The minimum Gasteiger partial charge on any atom is -0.356 e. The van der Waals surface area contributed by atoms with Crippen LogP contribution in [0.2, 0.25) is 0 Å². The van der Waals surface area contributed by atoms with E-state index in [4.69, 9.17) is 0 Å². The van der Waals surface area contributed by atoms with Gasteiger partial charge in [-0.3, -0.25) is 4.99 Å². The molecule has 0 aliphatic heterocycles. The Morgan fingerprint density at radius 3 is 2.55 bits per heavy atom. The summed E-state index contributed by atoms with van der Waals surface area (Å²) in [6.45, 7) is 8.36. The first kappa shape index (κ1) is 19.6. The molecule has 20 heavy (non-hydrogen) atoms. The second-order valence-corrected chi connectivity index (χ2v) is 5.73. The smallest absolute Gasteiger partial charge is 0.190 e. The molecular formula is C14H27IN4S. The zero-order valence-electron chi connectivity index (χ0n) is 12.9. The van der Waals surface area contributed by atoms with Gasteiger partial charge in [0.1, 0.15) is 0 Å². The average molecular weight is 410 g/mol. The molecule has 1 rings (SSSR count). The van der Waals surface area contributed by atoms with Crippen molar-refractivity contribution >= 4 is 41.3 Å². The number of aromatic nitrogens is 1. The molecule has 0 atom stereocenters. The van der Waals surface area contributed by atoms with Crippen molar-refractivity contribution in [3.05, 3.63) is 16.1 Å². The summed E-state index contributed by atoms with van der Waals surface area (Å²) >= 11 is 1.70. The largest absolute Gasteiger partial charge is 0.356 e. The number of hydrogen-bond acceptors (Lipinski definition) is 3. The number of thiazole rings is 1. The maximum atomic E-state index is 4.45. The maximum absolute atomic E-state index is 4.45. The fourth-order valence-corrected chi connectivity index (χ4v) is 2.52. The van der Waals surface area contributed by atoms with Crippen LogP contribution in [-0.4, -0.2) is 31.1 Å². The fourth-order valence-electron chi connectivity index (χ4n) is 1.87. The molecule has 0 spiro atoms. The molecule has 0 aromatic carbocycles. The van der Waals surface area contributed by atoms with Gasteiger partial charge in [-0.05, 0) is 12.8 Å². The Morgan fingerprint density at radius 1 is 1.35 bits per heavy atom. The molecule has 116 valence electrons. The predicted molar refractivity (Wildman–Crippen MR) is 99.4 cm³/mol. The molecule has 0 unspecified atom stereocenters. The van der Waals surface area contributed by atoms with Crippen LogP contribution in [0.15, 0.2) is 10.4 Å². The summed E-state index contributed by atoms with van der Waals surface area (Å²) in [4.78, 5) is 8.69. The number of guanidine groups is 1. The summed E-state index contributed by atoms with van der Waals surface area (Å²) in [7, 11) is 1.81. The number of nitrogens with one attached hydrogen (secondary N) is 2. The first-order valence-electron chi connectivity index (χ1n) is 7.05. The summed E-state index contributed by atoms with van der Waals surface area (Å²) < 4.78 is 0. The zero-order valence-corrected chi connectivity index (χ0v) is 16.0. The highest BCUT2D eigenvalue weighted by molar-refractivity contribution is 14.0. The molecule has 0 aliphatic carbocycles. The van der Waals surface area contributed by atoms with Crippen LogP contribution in [-0.2, 0) is 6.42 Å². The second-order valence-electron chi connectivity index (χ2n) is 4.67. The summed E-state index contributed by atoms with van der Waals surface area (Å²) in [5.74, 6) is 1.61. The monoisotopic (exact) mass is 410 g/mol. The van der Waals surface area contributed by atoms with Crippen LogP contribution in [0.4, 0.5) is 0 Å². The van der Waals surface area contributed by atoms with Crippen molar-refractivity contribution < 1.29 is 0 Å². The summed E-state index contributed by atoms with van der Waals surface area (Å²) in [6.07, 6.45) is 3.35. The Labute approximate surface area is 143 Å². The van der Waals surface area contributed by atoms with E-state index < -0.39 is 0 Å². The van der Waals surface area contributed by atoms with Gasteiger partial charge in [-0.15, -0.1) is 35.3 Å². The number of rotatable bonds is 7. The molecule has 1 aromatic rings. The topological polar surface area (TPSA) is 49.3 Å². The average Bonchev–Trinajstić information content (AvgIpc) is 2.83. The molecule has 0 amide bonds. The van der Waals surface area contributed by atoms with E-state index in [9.17, 15) is 0 Å². The van der Waals surface area contributed by atoms with E-state index in [1.807, 2.05) is 14.0 Å². The lowest BCUT2D eigenvalue weighted by Crippen LogP contribution is -2.40. The highest BCUT2D eigenvalue weighted by atomic mass is 127. The van der Waals surface area contributed by atoms with E-state index in [1.54, 1.807) is 11.3 Å². The molecule has 2 N–H and O–H groups in total. The number of hydrogen-bond donors (Lipinski definition) is 2. The van der Waals surface area contributed by atoms with Crippen molar-refractivity contribution in [2.24, 2.45) is 10.9 Å². The van der Waals surface area contributed by atoms with Crippen LogP contribution in [0.3, 0.4) is 0 Å². The Balaban J connectivity index is 0.00000361. The SMILES string of the molecule is CCC(CC)CNC(=NC)NCCc1csc(C)n1.I. The highest BCUT2D eigenvalue weighted by Crippen LogP contribution is 2.07. The number of halogens is 1. The van der Waals surface area contributed by atoms with E-state index in [0.717, 1.165) is 42.1 Å². The Morgan fingerprint density at radius 2 is 2.05 bits per heavy atom. The fraction of sp³-hybridized carbons (Fsp3) is 0.714. The standard InChI is InChI=1S/C14H26N4S.HI/c1-5-12(6-2)9-17-14(15-4)16-8-7-13-10-19-11(3)18-13;/h10,12H,5-9H2,1-4H3,(H2,15,16,17);1H. The Hall–Kier alpha value is -0.370. The van der Waals surface area contributed by atoms with Gasteiger partial charge in [0.25, 0.3) is 0 Å². The normalized spacial score (nSPS) is 11.3. The number of aryl methyl sites for hydroxylation is 1. The van der Waals surface area contributed by atoms with Crippen molar-refractivity contribution in [3.63, 3.8) is 0 Å². The Bertz CT molecular complexity index is 388. The van der Waals surface area contributed by atoms with E-state index in [2.05, 4.69) is 39.8 Å². The maximum Gasteiger partial charge on any atom is 0.190 e. The van der Waals surface area contributed by atoms with Gasteiger partial charge >= 0.3 is 0 Å². The van der Waals surface area contributed by atoms with Gasteiger partial charge in [0.2, 0.25) is 0 Å². The van der Waals surface area contributed by atoms with Crippen molar-refractivity contribution in [2.45, 2.75) is 40.0 Å². The van der Waals surface area contributed by atoms with E-state index in [-0.39, 0.29) is 24.0 Å². The van der Waals surface area contributed by atoms with Crippen LogP contribution in [0.25, 0.3) is 0 Å². The van der Waals surface area contributed by atoms with Crippen molar-refractivity contribution in [1.82, 2.24) is 15.6 Å². The Kier molecular flexibility index (Phi) is 11.1. The molecule has 0 bridgehead atoms. The van der Waals surface area contributed by atoms with E-state index in [0.29, 0.717) is 0 Å². The minimum atomic E-state index is 0. The lowest BCUT2D eigenvalue weighted by molar-refractivity contribution is 0.481. The van der Waals surface area contributed by atoms with Gasteiger partial charge in [0, 0.05) is 31.9 Å². The van der Waals surface area contributed by atoms with Crippen LogP contribution >= 0.6 is 35.3 Å². The lowest BCUT2D eigenvalue weighted by Gasteiger charge is -2.16. The molecular weight excluding hydrogens is 383 g/mol. The van der Waals surface area contributed by atoms with Crippen LogP contribution in [0, 0.1) is 12.8 Å². The number of aliphatic imine (C=N–C) groups is 1. The third kappa shape index (κ3) is 7.42. The van der Waals surface area contributed by atoms with Crippen molar-refractivity contribution in [1.29, 1.82) is 0 Å². The quantitative estimate of drug-likeness (QED) is 0.412.